The number of carbonyl (C=O) groups excluding carboxylic acids is 1. The van der Waals surface area contributed by atoms with Crippen molar-refractivity contribution in [1.82, 2.24) is 5.32 Å². The van der Waals surface area contributed by atoms with Crippen LogP contribution in [0.15, 0.2) is 36.9 Å². The van der Waals surface area contributed by atoms with Crippen LogP contribution < -0.4 is 10.6 Å². The number of halogens is 3. The fourth-order valence-corrected chi connectivity index (χ4v) is 2.73. The summed E-state index contributed by atoms with van der Waals surface area (Å²) in [6, 6.07) is 5.27. The van der Waals surface area contributed by atoms with E-state index in [1.54, 1.807) is 6.07 Å². The number of benzene rings is 1. The second-order valence-corrected chi connectivity index (χ2v) is 5.50. The molecule has 2 atom stereocenters. The van der Waals surface area contributed by atoms with Crippen molar-refractivity contribution >= 4 is 11.6 Å². The summed E-state index contributed by atoms with van der Waals surface area (Å²) in [7, 11) is 0. The Labute approximate surface area is 127 Å². The molecule has 1 saturated carbocycles. The Morgan fingerprint density at radius 2 is 2.00 bits per heavy atom. The molecule has 0 radical (unpaired) electrons. The second kappa shape index (κ2) is 6.85. The van der Waals surface area contributed by atoms with Gasteiger partial charge in [0.25, 0.3) is 0 Å². The van der Waals surface area contributed by atoms with Gasteiger partial charge in [0.15, 0.2) is 0 Å². The number of nitrogens with one attached hydrogen (secondary N) is 2. The molecule has 2 N–H and O–H groups in total. The molecular formula is C16H19F3N2O. The lowest BCUT2D eigenvalue weighted by molar-refractivity contribution is -0.137. The number of anilines is 1. The van der Waals surface area contributed by atoms with E-state index in [-0.39, 0.29) is 18.0 Å². The molecule has 120 valence electrons. The van der Waals surface area contributed by atoms with Crippen molar-refractivity contribution in [3.63, 3.8) is 0 Å². The Bertz CT molecular complexity index is 542. The molecule has 0 bridgehead atoms. The lowest BCUT2D eigenvalue weighted by atomic mass is 9.90. The van der Waals surface area contributed by atoms with Crippen LogP contribution in [0.5, 0.6) is 0 Å². The Kier molecular flexibility index (Phi) is 5.11. The van der Waals surface area contributed by atoms with Crippen LogP contribution in [0.4, 0.5) is 18.9 Å². The van der Waals surface area contributed by atoms with Gasteiger partial charge in [-0.2, -0.15) is 13.2 Å². The van der Waals surface area contributed by atoms with E-state index in [4.69, 9.17) is 0 Å². The summed E-state index contributed by atoms with van der Waals surface area (Å²) in [5, 5.41) is 5.98. The van der Waals surface area contributed by atoms with E-state index >= 15 is 0 Å². The topological polar surface area (TPSA) is 41.1 Å². The van der Waals surface area contributed by atoms with E-state index < -0.39 is 11.7 Å². The Hall–Kier alpha value is -1.98. The maximum absolute atomic E-state index is 12.7. The zero-order valence-corrected chi connectivity index (χ0v) is 12.1. The Balaban J connectivity index is 1.98. The average molecular weight is 312 g/mol. The van der Waals surface area contributed by atoms with E-state index in [1.807, 2.05) is 0 Å². The van der Waals surface area contributed by atoms with Gasteiger partial charge in [-0.1, -0.05) is 12.6 Å². The molecule has 0 aliphatic heterocycles. The minimum Gasteiger partial charge on any atom is -0.382 e. The van der Waals surface area contributed by atoms with Crippen LogP contribution in [-0.4, -0.2) is 18.0 Å². The summed E-state index contributed by atoms with van der Waals surface area (Å²) in [5.74, 6) is -0.218. The summed E-state index contributed by atoms with van der Waals surface area (Å²) in [6.45, 7) is 3.41. The van der Waals surface area contributed by atoms with Crippen molar-refractivity contribution in [3.8, 4) is 0 Å². The van der Waals surface area contributed by atoms with E-state index in [9.17, 15) is 18.0 Å². The summed E-state index contributed by atoms with van der Waals surface area (Å²) in [4.78, 5) is 11.3. The highest BCUT2D eigenvalue weighted by molar-refractivity contribution is 5.87. The number of rotatable bonds is 4. The van der Waals surface area contributed by atoms with Gasteiger partial charge < -0.3 is 10.6 Å². The highest BCUT2D eigenvalue weighted by Crippen LogP contribution is 2.31. The van der Waals surface area contributed by atoms with Gasteiger partial charge in [-0.3, -0.25) is 4.79 Å². The van der Waals surface area contributed by atoms with Gasteiger partial charge in [-0.05, 0) is 50.0 Å². The van der Waals surface area contributed by atoms with E-state index in [0.717, 1.165) is 31.4 Å². The van der Waals surface area contributed by atoms with Crippen LogP contribution in [0.2, 0.25) is 0 Å². The predicted molar refractivity (Wildman–Crippen MR) is 79.5 cm³/mol. The minimum atomic E-state index is -4.34. The summed E-state index contributed by atoms with van der Waals surface area (Å²) in [6.07, 6.45) is 0.236. The van der Waals surface area contributed by atoms with Crippen molar-refractivity contribution < 1.29 is 18.0 Å². The molecule has 1 fully saturated rings. The van der Waals surface area contributed by atoms with Gasteiger partial charge >= 0.3 is 6.18 Å². The normalized spacial score (nSPS) is 22.0. The number of amides is 1. The summed E-state index contributed by atoms with van der Waals surface area (Å²) >= 11 is 0. The molecule has 0 aromatic heterocycles. The largest absolute Gasteiger partial charge is 0.416 e. The third-order valence-electron chi connectivity index (χ3n) is 3.77. The monoisotopic (exact) mass is 312 g/mol. The molecule has 22 heavy (non-hydrogen) atoms. The van der Waals surface area contributed by atoms with Crippen molar-refractivity contribution in [1.29, 1.82) is 0 Å². The number of carbonyl (C=O) groups is 1. The Morgan fingerprint density at radius 1 is 1.27 bits per heavy atom. The van der Waals surface area contributed by atoms with Crippen molar-refractivity contribution in [2.75, 3.05) is 5.32 Å². The number of hydrogen-bond acceptors (Lipinski definition) is 2. The smallest absolute Gasteiger partial charge is 0.382 e. The molecule has 0 spiro atoms. The van der Waals surface area contributed by atoms with Gasteiger partial charge in [0.2, 0.25) is 5.91 Å². The Morgan fingerprint density at radius 3 is 2.68 bits per heavy atom. The lowest BCUT2D eigenvalue weighted by Gasteiger charge is -2.31. The molecule has 1 aromatic rings. The van der Waals surface area contributed by atoms with Gasteiger partial charge in [-0.25, -0.2) is 0 Å². The highest BCUT2D eigenvalue weighted by atomic mass is 19.4. The first kappa shape index (κ1) is 16.4. The van der Waals surface area contributed by atoms with Crippen LogP contribution in [0.25, 0.3) is 0 Å². The minimum absolute atomic E-state index is 0.0301. The van der Waals surface area contributed by atoms with Gasteiger partial charge in [0.05, 0.1) is 5.56 Å². The fraction of sp³-hybridized carbons (Fsp3) is 0.438. The van der Waals surface area contributed by atoms with Crippen LogP contribution in [0, 0.1) is 0 Å². The van der Waals surface area contributed by atoms with Crippen molar-refractivity contribution in [2.45, 2.75) is 43.9 Å². The second-order valence-electron chi connectivity index (χ2n) is 5.50. The maximum Gasteiger partial charge on any atom is 0.416 e. The number of alkyl halides is 3. The predicted octanol–water partition coefficient (Wildman–Crippen LogP) is 3.73. The molecule has 0 heterocycles. The molecule has 1 aliphatic carbocycles. The molecule has 2 unspecified atom stereocenters. The third-order valence-corrected chi connectivity index (χ3v) is 3.77. The first-order valence-corrected chi connectivity index (χ1v) is 7.25. The van der Waals surface area contributed by atoms with Crippen molar-refractivity contribution in [3.05, 3.63) is 42.5 Å². The fourth-order valence-electron chi connectivity index (χ4n) is 2.73. The number of hydrogen-bond donors (Lipinski definition) is 2. The van der Waals surface area contributed by atoms with E-state index in [2.05, 4.69) is 17.2 Å². The van der Waals surface area contributed by atoms with Crippen LogP contribution in [0.1, 0.15) is 31.2 Å². The lowest BCUT2D eigenvalue weighted by Crippen LogP contribution is -2.41. The third kappa shape index (κ3) is 4.51. The molecule has 1 amide bonds. The molecule has 1 aliphatic rings. The molecule has 6 heteroatoms. The quantitative estimate of drug-likeness (QED) is 0.832. The van der Waals surface area contributed by atoms with Crippen LogP contribution in [0.3, 0.4) is 0 Å². The van der Waals surface area contributed by atoms with Crippen LogP contribution in [-0.2, 0) is 11.0 Å². The highest BCUT2D eigenvalue weighted by Gasteiger charge is 2.30. The first-order chi connectivity index (χ1) is 10.4. The first-order valence-electron chi connectivity index (χ1n) is 7.25. The average Bonchev–Trinajstić information content (AvgIpc) is 2.47. The SMILES string of the molecule is C=CC(=O)NC1CCCC(Nc2cccc(C(F)(F)F)c2)C1. The molecule has 0 saturated heterocycles. The van der Waals surface area contributed by atoms with Gasteiger partial charge in [0, 0.05) is 17.8 Å². The zero-order valence-electron chi connectivity index (χ0n) is 12.1. The summed E-state index contributed by atoms with van der Waals surface area (Å²) in [5.41, 5.74) is -0.208. The molecule has 1 aromatic carbocycles. The zero-order chi connectivity index (χ0) is 16.2. The van der Waals surface area contributed by atoms with Gasteiger partial charge in [-0.15, -0.1) is 0 Å². The van der Waals surface area contributed by atoms with E-state index in [0.29, 0.717) is 12.1 Å². The standard InChI is InChI=1S/C16H19F3N2O/c1-2-15(22)21-14-8-4-7-13(10-14)20-12-6-3-5-11(9-12)16(17,18)19/h2-3,5-6,9,13-14,20H,1,4,7-8,10H2,(H,21,22). The molecule has 2 rings (SSSR count). The summed E-state index contributed by atoms with van der Waals surface area (Å²) < 4.78 is 38.1. The maximum atomic E-state index is 12.7. The molecular weight excluding hydrogens is 293 g/mol. The van der Waals surface area contributed by atoms with Crippen LogP contribution >= 0.6 is 0 Å². The van der Waals surface area contributed by atoms with Crippen molar-refractivity contribution in [2.24, 2.45) is 0 Å². The molecule has 3 nitrogen and oxygen atoms in total. The van der Waals surface area contributed by atoms with Gasteiger partial charge in [0.1, 0.15) is 0 Å². The van der Waals surface area contributed by atoms with E-state index in [1.165, 1.54) is 12.1 Å².